The van der Waals surface area contributed by atoms with Gasteiger partial charge in [-0.05, 0) is 20.8 Å². The van der Waals surface area contributed by atoms with E-state index in [0.29, 0.717) is 0 Å². The van der Waals surface area contributed by atoms with Crippen LogP contribution in [0, 0.1) is 11.3 Å². The van der Waals surface area contributed by atoms with Crippen LogP contribution < -0.4 is 0 Å². The molecule has 0 aromatic carbocycles. The van der Waals surface area contributed by atoms with E-state index in [1.54, 1.807) is 26.8 Å². The zero-order chi connectivity index (χ0) is 14.3. The van der Waals surface area contributed by atoms with E-state index in [1.807, 2.05) is 0 Å². The minimum atomic E-state index is -1.26. The van der Waals surface area contributed by atoms with Crippen LogP contribution in [0.5, 0.6) is 0 Å². The molecule has 1 amide bonds. The van der Waals surface area contributed by atoms with E-state index < -0.39 is 43.0 Å². The average molecular weight is 256 g/mol. The van der Waals surface area contributed by atoms with Crippen molar-refractivity contribution in [3.63, 3.8) is 0 Å². The number of amides is 1. The molecular formula is C11H16N2O5. The number of carboxylic acid groups (broad SMARTS) is 1. The number of hydrogen-bond donors (Lipinski definition) is 1. The van der Waals surface area contributed by atoms with E-state index in [0.717, 1.165) is 4.90 Å². The van der Waals surface area contributed by atoms with Crippen LogP contribution in [0.15, 0.2) is 0 Å². The molecule has 0 unspecified atom stereocenters. The number of aliphatic carboxylic acids is 1. The topological polar surface area (TPSA) is 108 Å². The normalized spacial score (nSPS) is 10.3. The smallest absolute Gasteiger partial charge is 0.326 e. The summed E-state index contributed by atoms with van der Waals surface area (Å²) >= 11 is 0. The fourth-order valence-corrected chi connectivity index (χ4v) is 1.10. The predicted molar refractivity (Wildman–Crippen MR) is 60.3 cm³/mol. The quantitative estimate of drug-likeness (QED) is 0.702. The molecule has 7 heteroatoms. The highest BCUT2D eigenvalue weighted by atomic mass is 16.6. The number of nitriles is 1. The van der Waals surface area contributed by atoms with E-state index in [4.69, 9.17) is 15.1 Å². The molecule has 0 atom stereocenters. The molecule has 0 saturated heterocycles. The molecule has 100 valence electrons. The Morgan fingerprint density at radius 2 is 1.83 bits per heavy atom. The lowest BCUT2D eigenvalue weighted by Gasteiger charge is -2.23. The van der Waals surface area contributed by atoms with Crippen molar-refractivity contribution in [3.05, 3.63) is 0 Å². The third kappa shape index (κ3) is 7.22. The summed E-state index contributed by atoms with van der Waals surface area (Å²) < 4.78 is 4.97. The average Bonchev–Trinajstić information content (AvgIpc) is 2.13. The summed E-state index contributed by atoms with van der Waals surface area (Å²) in [6.07, 6.45) is -0.476. The van der Waals surface area contributed by atoms with Crippen LogP contribution in [0.1, 0.15) is 27.2 Å². The molecule has 0 aliphatic heterocycles. The standard InChI is InChI=1S/C11H16N2O5/c1-11(2,3)18-10(17)7-13(6-9(15)16)8(14)4-5-12/h4,6-7H2,1-3H3,(H,15,16). The molecule has 0 saturated carbocycles. The van der Waals surface area contributed by atoms with Gasteiger partial charge in [-0.3, -0.25) is 14.4 Å². The van der Waals surface area contributed by atoms with Crippen molar-refractivity contribution in [1.29, 1.82) is 5.26 Å². The first kappa shape index (κ1) is 15.9. The van der Waals surface area contributed by atoms with E-state index in [1.165, 1.54) is 0 Å². The lowest BCUT2D eigenvalue weighted by molar-refractivity contribution is -0.159. The maximum absolute atomic E-state index is 11.5. The molecule has 0 radical (unpaired) electrons. The number of carbonyl (C=O) groups is 3. The van der Waals surface area contributed by atoms with Crippen LogP contribution in [0.4, 0.5) is 0 Å². The first-order valence-corrected chi connectivity index (χ1v) is 5.24. The van der Waals surface area contributed by atoms with E-state index in [-0.39, 0.29) is 0 Å². The zero-order valence-electron chi connectivity index (χ0n) is 10.6. The first-order valence-electron chi connectivity index (χ1n) is 5.24. The van der Waals surface area contributed by atoms with Gasteiger partial charge < -0.3 is 14.7 Å². The van der Waals surface area contributed by atoms with E-state index in [9.17, 15) is 14.4 Å². The number of carboxylic acids is 1. The number of rotatable bonds is 5. The largest absolute Gasteiger partial charge is 0.480 e. The zero-order valence-corrected chi connectivity index (χ0v) is 10.6. The molecule has 0 aromatic rings. The highest BCUT2D eigenvalue weighted by molar-refractivity contribution is 5.86. The third-order valence-electron chi connectivity index (χ3n) is 1.65. The van der Waals surface area contributed by atoms with Gasteiger partial charge in [0.1, 0.15) is 25.1 Å². The van der Waals surface area contributed by atoms with Crippen molar-refractivity contribution in [3.8, 4) is 6.07 Å². The molecular weight excluding hydrogens is 240 g/mol. The number of carbonyl (C=O) groups excluding carboxylic acids is 2. The number of ether oxygens (including phenoxy) is 1. The third-order valence-corrected chi connectivity index (χ3v) is 1.65. The summed E-state index contributed by atoms with van der Waals surface area (Å²) in [5.74, 6) is -2.69. The molecule has 0 aliphatic carbocycles. The molecule has 0 bridgehead atoms. The van der Waals surface area contributed by atoms with Gasteiger partial charge in [0.2, 0.25) is 5.91 Å². The van der Waals surface area contributed by atoms with Gasteiger partial charge in [0.05, 0.1) is 6.07 Å². The van der Waals surface area contributed by atoms with Gasteiger partial charge in [-0.15, -0.1) is 0 Å². The van der Waals surface area contributed by atoms with Gasteiger partial charge in [-0.2, -0.15) is 5.26 Å². The second kappa shape index (κ2) is 6.59. The van der Waals surface area contributed by atoms with Crippen LogP contribution >= 0.6 is 0 Å². The Hall–Kier alpha value is -2.10. The molecule has 7 nitrogen and oxygen atoms in total. The highest BCUT2D eigenvalue weighted by Gasteiger charge is 2.23. The van der Waals surface area contributed by atoms with Crippen molar-refractivity contribution in [2.45, 2.75) is 32.8 Å². The first-order chi connectivity index (χ1) is 8.15. The number of hydrogen-bond acceptors (Lipinski definition) is 5. The molecule has 18 heavy (non-hydrogen) atoms. The summed E-state index contributed by atoms with van der Waals surface area (Å²) in [7, 11) is 0. The molecule has 0 fully saturated rings. The fourth-order valence-electron chi connectivity index (χ4n) is 1.10. The van der Waals surface area contributed by atoms with Crippen molar-refractivity contribution in [2.24, 2.45) is 0 Å². The Balaban J connectivity index is 4.60. The van der Waals surface area contributed by atoms with Crippen LogP contribution in [-0.2, 0) is 19.1 Å². The molecule has 0 aliphatic rings. The van der Waals surface area contributed by atoms with Crippen molar-refractivity contribution in [2.75, 3.05) is 13.1 Å². The summed E-state index contributed by atoms with van der Waals surface area (Å²) in [6.45, 7) is 3.85. The van der Waals surface area contributed by atoms with Gasteiger partial charge in [-0.25, -0.2) is 0 Å². The Morgan fingerprint density at radius 3 is 2.22 bits per heavy atom. The summed E-state index contributed by atoms with van der Waals surface area (Å²) in [5, 5.41) is 17.0. The number of nitrogens with zero attached hydrogens (tertiary/aromatic N) is 2. The van der Waals surface area contributed by atoms with Crippen LogP contribution in [0.25, 0.3) is 0 Å². The molecule has 0 rings (SSSR count). The summed E-state index contributed by atoms with van der Waals surface area (Å²) in [4.78, 5) is 34.2. The van der Waals surface area contributed by atoms with Gasteiger partial charge in [-0.1, -0.05) is 0 Å². The maximum atomic E-state index is 11.5. The Kier molecular flexibility index (Phi) is 5.82. The van der Waals surface area contributed by atoms with Crippen LogP contribution in [0.2, 0.25) is 0 Å². The van der Waals surface area contributed by atoms with Gasteiger partial charge in [0, 0.05) is 0 Å². The van der Waals surface area contributed by atoms with Crippen molar-refractivity contribution < 1.29 is 24.2 Å². The predicted octanol–water partition coefficient (Wildman–Crippen LogP) is 0.155. The fraction of sp³-hybridized carbons (Fsp3) is 0.636. The van der Waals surface area contributed by atoms with E-state index >= 15 is 0 Å². The summed E-state index contributed by atoms with van der Waals surface area (Å²) in [5.41, 5.74) is -0.718. The van der Waals surface area contributed by atoms with Crippen LogP contribution in [0.3, 0.4) is 0 Å². The van der Waals surface area contributed by atoms with Gasteiger partial charge in [0.15, 0.2) is 0 Å². The number of esters is 1. The second-order valence-electron chi connectivity index (χ2n) is 4.56. The van der Waals surface area contributed by atoms with Gasteiger partial charge >= 0.3 is 11.9 Å². The maximum Gasteiger partial charge on any atom is 0.326 e. The van der Waals surface area contributed by atoms with Crippen molar-refractivity contribution in [1.82, 2.24) is 4.90 Å². The summed E-state index contributed by atoms with van der Waals surface area (Å²) in [6, 6.07) is 1.61. The molecule has 0 aromatic heterocycles. The molecule has 0 heterocycles. The van der Waals surface area contributed by atoms with Crippen LogP contribution in [-0.4, -0.2) is 46.5 Å². The SMILES string of the molecule is CC(C)(C)OC(=O)CN(CC(=O)O)C(=O)CC#N. The van der Waals surface area contributed by atoms with E-state index in [2.05, 4.69) is 0 Å². The molecule has 0 spiro atoms. The Labute approximate surface area is 105 Å². The molecule has 1 N–H and O–H groups in total. The highest BCUT2D eigenvalue weighted by Crippen LogP contribution is 2.07. The second-order valence-corrected chi connectivity index (χ2v) is 4.56. The Bertz CT molecular complexity index is 378. The lowest BCUT2D eigenvalue weighted by Crippen LogP contribution is -2.41. The minimum absolute atomic E-state index is 0.476. The monoisotopic (exact) mass is 256 g/mol. The lowest BCUT2D eigenvalue weighted by atomic mass is 10.2. The van der Waals surface area contributed by atoms with Gasteiger partial charge in [0.25, 0.3) is 0 Å². The van der Waals surface area contributed by atoms with Crippen molar-refractivity contribution >= 4 is 17.8 Å². The minimum Gasteiger partial charge on any atom is -0.480 e. The Morgan fingerprint density at radius 1 is 1.28 bits per heavy atom.